The summed E-state index contributed by atoms with van der Waals surface area (Å²) in [5.74, 6) is 0.562. The van der Waals surface area contributed by atoms with Gasteiger partial charge in [-0.1, -0.05) is 156 Å². The van der Waals surface area contributed by atoms with Crippen molar-refractivity contribution in [3.8, 4) is 0 Å². The molecule has 0 saturated carbocycles. The van der Waals surface area contributed by atoms with E-state index >= 15 is 0 Å². The molecular formula is C41H84N2O3. The summed E-state index contributed by atoms with van der Waals surface area (Å²) in [4.78, 5) is 17.8. The molecule has 0 spiro atoms. The Kier molecular flexibility index (Phi) is 36.6. The highest BCUT2D eigenvalue weighted by atomic mass is 16.5. The van der Waals surface area contributed by atoms with Gasteiger partial charge in [0, 0.05) is 26.1 Å². The topological polar surface area (TPSA) is 53.0 Å². The lowest BCUT2D eigenvalue weighted by Crippen LogP contribution is -2.38. The molecule has 0 heterocycles. The summed E-state index contributed by atoms with van der Waals surface area (Å²) >= 11 is 0. The van der Waals surface area contributed by atoms with Crippen molar-refractivity contribution in [2.75, 3.05) is 52.5 Å². The number of nitrogens with zero attached hydrogens (tertiary/aromatic N) is 2. The number of aliphatic hydroxyl groups is 1. The van der Waals surface area contributed by atoms with Crippen LogP contribution in [0.15, 0.2) is 0 Å². The molecule has 0 aromatic heterocycles. The van der Waals surface area contributed by atoms with E-state index in [-0.39, 0.29) is 12.6 Å². The number of ether oxygens (including phenoxy) is 1. The third-order valence-corrected chi connectivity index (χ3v) is 9.82. The van der Waals surface area contributed by atoms with Crippen LogP contribution < -0.4 is 0 Å². The van der Waals surface area contributed by atoms with E-state index in [0.29, 0.717) is 18.9 Å². The molecule has 276 valence electrons. The van der Waals surface area contributed by atoms with E-state index in [1.807, 2.05) is 0 Å². The molecule has 0 aliphatic rings. The zero-order valence-corrected chi connectivity index (χ0v) is 32.0. The first kappa shape index (κ1) is 45.3. The van der Waals surface area contributed by atoms with Gasteiger partial charge in [-0.05, 0) is 64.1 Å². The van der Waals surface area contributed by atoms with Crippen LogP contribution in [-0.4, -0.2) is 73.4 Å². The highest BCUT2D eigenvalue weighted by Gasteiger charge is 2.13. The number of hydrogen-bond donors (Lipinski definition) is 1. The Morgan fingerprint density at radius 1 is 0.478 bits per heavy atom. The standard InChI is InChI=1S/C41H84N2O3/c1-5-9-13-17-19-21-27-34-43(37-38-44)36-35-42(32-26-16-12-8-4)33-28-22-25-31-41(45)46-39-40(29-23-15-11-7-3)30-24-20-18-14-10-6-2/h40,44H,5-39H2,1-4H3. The van der Waals surface area contributed by atoms with E-state index in [2.05, 4.69) is 37.5 Å². The molecular weight excluding hydrogens is 568 g/mol. The van der Waals surface area contributed by atoms with Crippen molar-refractivity contribution in [1.29, 1.82) is 0 Å². The van der Waals surface area contributed by atoms with Crippen LogP contribution in [0.25, 0.3) is 0 Å². The van der Waals surface area contributed by atoms with E-state index in [1.54, 1.807) is 0 Å². The first-order chi connectivity index (χ1) is 22.6. The van der Waals surface area contributed by atoms with Gasteiger partial charge < -0.3 is 14.7 Å². The first-order valence-corrected chi connectivity index (χ1v) is 20.8. The average molecular weight is 653 g/mol. The van der Waals surface area contributed by atoms with E-state index < -0.39 is 0 Å². The van der Waals surface area contributed by atoms with E-state index in [1.165, 1.54) is 154 Å². The SMILES string of the molecule is CCCCCCCCCN(CCO)CCN(CCCCCC)CCCCCC(=O)OCC(CCCCCC)CCCCCCCC. The molecule has 0 bridgehead atoms. The summed E-state index contributed by atoms with van der Waals surface area (Å²) in [6, 6.07) is 0. The molecule has 0 aliphatic heterocycles. The summed E-state index contributed by atoms with van der Waals surface area (Å²) in [5.41, 5.74) is 0. The molecule has 5 nitrogen and oxygen atoms in total. The number of unbranched alkanes of at least 4 members (excludes halogenated alkanes) is 19. The molecule has 5 heteroatoms. The summed E-state index contributed by atoms with van der Waals surface area (Å²) in [6.07, 6.45) is 33.9. The molecule has 0 amide bonds. The van der Waals surface area contributed by atoms with Crippen LogP contribution in [-0.2, 0) is 9.53 Å². The third-order valence-electron chi connectivity index (χ3n) is 9.82. The van der Waals surface area contributed by atoms with E-state index in [4.69, 9.17) is 4.74 Å². The van der Waals surface area contributed by atoms with Gasteiger partial charge in [0.15, 0.2) is 0 Å². The third kappa shape index (κ3) is 31.9. The van der Waals surface area contributed by atoms with Gasteiger partial charge in [0.25, 0.3) is 0 Å². The number of hydrogen-bond acceptors (Lipinski definition) is 5. The van der Waals surface area contributed by atoms with Gasteiger partial charge >= 0.3 is 5.97 Å². The molecule has 0 radical (unpaired) electrons. The zero-order chi connectivity index (χ0) is 33.8. The zero-order valence-electron chi connectivity index (χ0n) is 32.0. The molecule has 46 heavy (non-hydrogen) atoms. The Hall–Kier alpha value is -0.650. The maximum atomic E-state index is 12.6. The van der Waals surface area contributed by atoms with Gasteiger partial charge in [-0.3, -0.25) is 9.69 Å². The average Bonchev–Trinajstić information content (AvgIpc) is 3.06. The number of rotatable bonds is 38. The van der Waals surface area contributed by atoms with Crippen LogP contribution in [0.4, 0.5) is 0 Å². The monoisotopic (exact) mass is 653 g/mol. The van der Waals surface area contributed by atoms with Crippen LogP contribution in [0.5, 0.6) is 0 Å². The van der Waals surface area contributed by atoms with E-state index in [0.717, 1.165) is 52.0 Å². The van der Waals surface area contributed by atoms with Crippen molar-refractivity contribution >= 4 is 5.97 Å². The van der Waals surface area contributed by atoms with Crippen molar-refractivity contribution in [1.82, 2.24) is 9.80 Å². The Morgan fingerprint density at radius 2 is 0.848 bits per heavy atom. The lowest BCUT2D eigenvalue weighted by Gasteiger charge is -2.27. The summed E-state index contributed by atoms with van der Waals surface area (Å²) in [5, 5.41) is 9.66. The molecule has 0 saturated heterocycles. The smallest absolute Gasteiger partial charge is 0.305 e. The van der Waals surface area contributed by atoms with Crippen molar-refractivity contribution in [2.24, 2.45) is 5.92 Å². The van der Waals surface area contributed by atoms with Crippen LogP contribution in [0.3, 0.4) is 0 Å². The lowest BCUT2D eigenvalue weighted by molar-refractivity contribution is -0.145. The van der Waals surface area contributed by atoms with Crippen molar-refractivity contribution in [2.45, 2.75) is 201 Å². The van der Waals surface area contributed by atoms with Crippen LogP contribution >= 0.6 is 0 Å². The minimum atomic E-state index is 0.0166. The molecule has 0 aromatic carbocycles. The maximum Gasteiger partial charge on any atom is 0.305 e. The van der Waals surface area contributed by atoms with Gasteiger partial charge in [0.1, 0.15) is 0 Å². The Bertz CT molecular complexity index is 602. The fourth-order valence-electron chi connectivity index (χ4n) is 6.60. The number of esters is 1. The summed E-state index contributed by atoms with van der Waals surface area (Å²) in [6.45, 7) is 16.3. The van der Waals surface area contributed by atoms with Crippen LogP contribution in [0.2, 0.25) is 0 Å². The van der Waals surface area contributed by atoms with Gasteiger partial charge in [-0.25, -0.2) is 0 Å². The molecule has 1 atom stereocenters. The predicted molar refractivity (Wildman–Crippen MR) is 202 cm³/mol. The largest absolute Gasteiger partial charge is 0.465 e. The highest BCUT2D eigenvalue weighted by Crippen LogP contribution is 2.20. The van der Waals surface area contributed by atoms with Crippen molar-refractivity contribution < 1.29 is 14.6 Å². The molecule has 1 unspecified atom stereocenters. The second kappa shape index (κ2) is 37.2. The van der Waals surface area contributed by atoms with E-state index in [9.17, 15) is 9.90 Å². The minimum absolute atomic E-state index is 0.0166. The maximum absolute atomic E-state index is 12.6. The minimum Gasteiger partial charge on any atom is -0.465 e. The Labute approximate surface area is 289 Å². The predicted octanol–water partition coefficient (Wildman–Crippen LogP) is 11.4. The van der Waals surface area contributed by atoms with Crippen molar-refractivity contribution in [3.63, 3.8) is 0 Å². The fraction of sp³-hybridized carbons (Fsp3) is 0.976. The number of carbonyl (C=O) groups is 1. The van der Waals surface area contributed by atoms with Gasteiger partial charge in [-0.2, -0.15) is 0 Å². The van der Waals surface area contributed by atoms with Gasteiger partial charge in [0.2, 0.25) is 0 Å². The molecule has 0 rings (SSSR count). The first-order valence-electron chi connectivity index (χ1n) is 20.8. The molecule has 1 N–H and O–H groups in total. The quantitative estimate of drug-likeness (QED) is 0.0531. The van der Waals surface area contributed by atoms with Crippen LogP contribution in [0, 0.1) is 5.92 Å². The molecule has 0 fully saturated rings. The second-order valence-corrected chi connectivity index (χ2v) is 14.4. The number of aliphatic hydroxyl groups excluding tert-OH is 1. The Balaban J connectivity index is 4.45. The number of carbonyl (C=O) groups excluding carboxylic acids is 1. The Morgan fingerprint density at radius 3 is 1.33 bits per heavy atom. The highest BCUT2D eigenvalue weighted by molar-refractivity contribution is 5.69. The molecule has 0 aliphatic carbocycles. The summed E-state index contributed by atoms with van der Waals surface area (Å²) < 4.78 is 5.84. The second-order valence-electron chi connectivity index (χ2n) is 14.4. The van der Waals surface area contributed by atoms with Crippen molar-refractivity contribution in [3.05, 3.63) is 0 Å². The van der Waals surface area contributed by atoms with Gasteiger partial charge in [0.05, 0.1) is 13.2 Å². The molecule has 0 aromatic rings. The lowest BCUT2D eigenvalue weighted by atomic mass is 9.95. The van der Waals surface area contributed by atoms with Crippen LogP contribution in [0.1, 0.15) is 201 Å². The summed E-state index contributed by atoms with van der Waals surface area (Å²) in [7, 11) is 0. The fourth-order valence-corrected chi connectivity index (χ4v) is 6.60. The van der Waals surface area contributed by atoms with Gasteiger partial charge in [-0.15, -0.1) is 0 Å². The normalized spacial score (nSPS) is 12.4.